The molecule has 22 heavy (non-hydrogen) atoms. The number of amides is 3. The van der Waals surface area contributed by atoms with Gasteiger partial charge in [0.05, 0.1) is 5.69 Å². The third-order valence-corrected chi connectivity index (χ3v) is 4.02. The van der Waals surface area contributed by atoms with Crippen LogP contribution in [0.3, 0.4) is 0 Å². The van der Waals surface area contributed by atoms with Gasteiger partial charge in [0.25, 0.3) is 0 Å². The van der Waals surface area contributed by atoms with E-state index in [4.69, 9.17) is 5.73 Å². The number of aromatic nitrogens is 2. The van der Waals surface area contributed by atoms with Crippen molar-refractivity contribution < 1.29 is 9.59 Å². The van der Waals surface area contributed by atoms with Gasteiger partial charge in [-0.25, -0.2) is 9.78 Å². The van der Waals surface area contributed by atoms with Gasteiger partial charge in [0, 0.05) is 24.6 Å². The molecule has 116 valence electrons. The molecular formula is C15H18N4O2S. The number of urea groups is 1. The first-order valence-electron chi connectivity index (χ1n) is 6.80. The molecule has 0 spiro atoms. The average Bonchev–Trinajstić information content (AvgIpc) is 2.89. The van der Waals surface area contributed by atoms with Crippen molar-refractivity contribution in [3.63, 3.8) is 0 Å². The van der Waals surface area contributed by atoms with Crippen LogP contribution in [0.15, 0.2) is 35.7 Å². The van der Waals surface area contributed by atoms with Gasteiger partial charge in [-0.05, 0) is 31.0 Å². The Kier molecular flexibility index (Phi) is 5.21. The van der Waals surface area contributed by atoms with Crippen molar-refractivity contribution in [3.05, 3.63) is 41.7 Å². The molecule has 1 aromatic heterocycles. The smallest absolute Gasteiger partial charge is 0.318 e. The highest BCUT2D eigenvalue weighted by molar-refractivity contribution is 7.99. The molecule has 3 N–H and O–H groups in total. The number of benzene rings is 1. The number of hydrogen-bond acceptors (Lipinski definition) is 4. The lowest BCUT2D eigenvalue weighted by atomic mass is 10.1. The maximum absolute atomic E-state index is 11.4. The number of nitrogens with zero attached hydrogens (tertiary/aromatic N) is 2. The van der Waals surface area contributed by atoms with Crippen molar-refractivity contribution in [2.24, 2.45) is 5.73 Å². The topological polar surface area (TPSA) is 90.0 Å². The SMILES string of the molecule is Cc1ccc(C)c(-n2ccnc2SCCC(=O)NC(N)=O)c1. The molecule has 0 bridgehead atoms. The molecule has 0 aliphatic rings. The van der Waals surface area contributed by atoms with Crippen molar-refractivity contribution in [1.82, 2.24) is 14.9 Å². The Morgan fingerprint density at radius 2 is 2.14 bits per heavy atom. The summed E-state index contributed by atoms with van der Waals surface area (Å²) in [6, 6.07) is 5.41. The van der Waals surface area contributed by atoms with Crippen LogP contribution in [0.5, 0.6) is 0 Å². The summed E-state index contributed by atoms with van der Waals surface area (Å²) >= 11 is 1.46. The van der Waals surface area contributed by atoms with Gasteiger partial charge in [-0.15, -0.1) is 0 Å². The van der Waals surface area contributed by atoms with E-state index in [1.807, 2.05) is 29.9 Å². The largest absolute Gasteiger partial charge is 0.351 e. The number of aryl methyl sites for hydroxylation is 2. The molecule has 0 aliphatic carbocycles. The van der Waals surface area contributed by atoms with Gasteiger partial charge in [-0.3, -0.25) is 14.7 Å². The maximum Gasteiger partial charge on any atom is 0.318 e. The van der Waals surface area contributed by atoms with E-state index in [2.05, 4.69) is 23.2 Å². The first-order chi connectivity index (χ1) is 10.5. The van der Waals surface area contributed by atoms with Crippen LogP contribution < -0.4 is 11.1 Å². The predicted molar refractivity (Wildman–Crippen MR) is 86.1 cm³/mol. The van der Waals surface area contributed by atoms with E-state index in [1.165, 1.54) is 17.3 Å². The molecule has 0 fully saturated rings. The quantitative estimate of drug-likeness (QED) is 0.827. The van der Waals surface area contributed by atoms with Crippen molar-refractivity contribution in [2.75, 3.05) is 5.75 Å². The third-order valence-electron chi connectivity index (χ3n) is 3.05. The van der Waals surface area contributed by atoms with Crippen LogP contribution in [0.2, 0.25) is 0 Å². The molecule has 0 radical (unpaired) electrons. The lowest BCUT2D eigenvalue weighted by Gasteiger charge is -2.11. The lowest BCUT2D eigenvalue weighted by Crippen LogP contribution is -2.35. The molecule has 1 heterocycles. The highest BCUT2D eigenvalue weighted by Crippen LogP contribution is 2.23. The van der Waals surface area contributed by atoms with Crippen LogP contribution >= 0.6 is 11.8 Å². The van der Waals surface area contributed by atoms with Gasteiger partial charge >= 0.3 is 6.03 Å². The Morgan fingerprint density at radius 1 is 1.36 bits per heavy atom. The Bertz CT molecular complexity index is 697. The molecule has 2 aromatic rings. The predicted octanol–water partition coefficient (Wildman–Crippen LogP) is 2.17. The van der Waals surface area contributed by atoms with Gasteiger partial charge in [0.1, 0.15) is 0 Å². The molecule has 0 saturated heterocycles. The van der Waals surface area contributed by atoms with E-state index in [-0.39, 0.29) is 12.3 Å². The minimum atomic E-state index is -0.827. The van der Waals surface area contributed by atoms with E-state index in [9.17, 15) is 9.59 Å². The van der Waals surface area contributed by atoms with Crippen LogP contribution in [0.4, 0.5) is 4.79 Å². The minimum Gasteiger partial charge on any atom is -0.351 e. The molecule has 0 atom stereocenters. The standard InChI is InChI=1S/C15H18N4O2S/c1-10-3-4-11(2)12(9-10)19-7-6-17-15(19)22-8-5-13(20)18-14(16)21/h3-4,6-7,9H,5,8H2,1-2H3,(H3,16,18,20,21). The number of imidazole rings is 1. The van der Waals surface area contributed by atoms with Gasteiger partial charge in [-0.1, -0.05) is 23.9 Å². The van der Waals surface area contributed by atoms with Crippen LogP contribution in [-0.4, -0.2) is 27.2 Å². The minimum absolute atomic E-state index is 0.202. The number of rotatable bonds is 5. The van der Waals surface area contributed by atoms with Crippen molar-refractivity contribution in [2.45, 2.75) is 25.4 Å². The van der Waals surface area contributed by atoms with Gasteiger partial charge in [-0.2, -0.15) is 0 Å². The van der Waals surface area contributed by atoms with Crippen LogP contribution in [0.1, 0.15) is 17.5 Å². The number of thioether (sulfide) groups is 1. The Labute approximate surface area is 133 Å². The monoisotopic (exact) mass is 318 g/mol. The van der Waals surface area contributed by atoms with Crippen molar-refractivity contribution in [1.29, 1.82) is 0 Å². The van der Waals surface area contributed by atoms with E-state index in [1.54, 1.807) is 6.20 Å². The number of imide groups is 1. The van der Waals surface area contributed by atoms with E-state index < -0.39 is 6.03 Å². The number of primary amides is 1. The lowest BCUT2D eigenvalue weighted by molar-refractivity contribution is -0.119. The molecular weight excluding hydrogens is 300 g/mol. The summed E-state index contributed by atoms with van der Waals surface area (Å²) < 4.78 is 2.00. The van der Waals surface area contributed by atoms with Crippen molar-refractivity contribution in [3.8, 4) is 5.69 Å². The Morgan fingerprint density at radius 3 is 2.86 bits per heavy atom. The van der Waals surface area contributed by atoms with Gasteiger partial charge in [0.15, 0.2) is 5.16 Å². The van der Waals surface area contributed by atoms with Gasteiger partial charge < -0.3 is 5.73 Å². The van der Waals surface area contributed by atoms with E-state index in [0.717, 1.165) is 16.4 Å². The fourth-order valence-electron chi connectivity index (χ4n) is 1.99. The van der Waals surface area contributed by atoms with E-state index >= 15 is 0 Å². The zero-order valence-corrected chi connectivity index (χ0v) is 13.3. The molecule has 0 saturated carbocycles. The second-order valence-electron chi connectivity index (χ2n) is 4.88. The molecule has 3 amide bonds. The number of hydrogen-bond donors (Lipinski definition) is 2. The first kappa shape index (κ1) is 16.1. The number of carbonyl (C=O) groups excluding carboxylic acids is 2. The zero-order valence-electron chi connectivity index (χ0n) is 12.5. The third kappa shape index (κ3) is 4.11. The molecule has 7 heteroatoms. The fourth-order valence-corrected chi connectivity index (χ4v) is 2.90. The highest BCUT2D eigenvalue weighted by Gasteiger charge is 2.10. The highest BCUT2D eigenvalue weighted by atomic mass is 32.2. The molecule has 2 rings (SSSR count). The van der Waals surface area contributed by atoms with Gasteiger partial charge in [0.2, 0.25) is 5.91 Å². The Balaban J connectivity index is 2.05. The fraction of sp³-hybridized carbons (Fsp3) is 0.267. The molecule has 0 unspecified atom stereocenters. The normalized spacial score (nSPS) is 10.5. The average molecular weight is 318 g/mol. The zero-order chi connectivity index (χ0) is 16.1. The Hall–Kier alpha value is -2.28. The summed E-state index contributed by atoms with van der Waals surface area (Å²) in [5.74, 6) is 0.130. The summed E-state index contributed by atoms with van der Waals surface area (Å²) in [4.78, 5) is 26.3. The van der Waals surface area contributed by atoms with Crippen LogP contribution in [-0.2, 0) is 4.79 Å². The summed E-state index contributed by atoms with van der Waals surface area (Å²) in [6.45, 7) is 4.09. The summed E-state index contributed by atoms with van der Waals surface area (Å²) in [7, 11) is 0. The first-order valence-corrected chi connectivity index (χ1v) is 7.79. The molecule has 0 aliphatic heterocycles. The number of carbonyl (C=O) groups is 2. The van der Waals surface area contributed by atoms with Crippen LogP contribution in [0.25, 0.3) is 5.69 Å². The number of nitrogens with one attached hydrogen (secondary N) is 1. The summed E-state index contributed by atoms with van der Waals surface area (Å²) in [5, 5.41) is 2.85. The molecule has 6 nitrogen and oxygen atoms in total. The van der Waals surface area contributed by atoms with Crippen LogP contribution in [0, 0.1) is 13.8 Å². The summed E-state index contributed by atoms with van der Waals surface area (Å²) in [6.07, 6.45) is 3.83. The van der Waals surface area contributed by atoms with Crippen molar-refractivity contribution >= 4 is 23.7 Å². The maximum atomic E-state index is 11.4. The second kappa shape index (κ2) is 7.13. The summed E-state index contributed by atoms with van der Waals surface area (Å²) in [5.41, 5.74) is 8.29. The number of nitrogens with two attached hydrogens (primary N) is 1. The van der Waals surface area contributed by atoms with E-state index in [0.29, 0.717) is 5.75 Å². The molecule has 1 aromatic carbocycles. The second-order valence-corrected chi connectivity index (χ2v) is 5.94.